The molecule has 0 spiro atoms. The lowest BCUT2D eigenvalue weighted by atomic mass is 10.0. The number of carbonyl (C=O) groups excluding carboxylic acids is 8. The average Bonchev–Trinajstić information content (AvgIpc) is 3.65. The van der Waals surface area contributed by atoms with Crippen LogP contribution < -0.4 is 54.8 Å². The van der Waals surface area contributed by atoms with E-state index in [1.54, 1.807) is 0 Å². The molecule has 0 aromatic carbocycles. The topological polar surface area (TPSA) is 389 Å². The lowest BCUT2D eigenvalue weighted by Gasteiger charge is -2.27. The normalized spacial score (nSPS) is 13.6. The summed E-state index contributed by atoms with van der Waals surface area (Å²) in [5, 5.41) is 36.5. The first kappa shape index (κ1) is 84.4. The lowest BCUT2D eigenvalue weighted by Crippen LogP contribution is -2.60. The monoisotopic (exact) mass is 1280 g/mol. The molecule has 0 radical (unpaired) electrons. The largest absolute Gasteiger partial charge is 0.480 e. The summed E-state index contributed by atoms with van der Waals surface area (Å²) in [5.74, 6) is -6.44. The molecule has 0 saturated heterocycles. The zero-order valence-corrected chi connectivity index (χ0v) is 56.0. The third-order valence-corrected chi connectivity index (χ3v) is 16.7. The van der Waals surface area contributed by atoms with Crippen molar-refractivity contribution in [3.05, 3.63) is 0 Å². The molecule has 0 bridgehead atoms. The van der Waals surface area contributed by atoms with E-state index in [1.165, 1.54) is 63.1 Å². The van der Waals surface area contributed by atoms with E-state index in [9.17, 15) is 53.4 Å². The first-order valence-corrected chi connectivity index (χ1v) is 35.6. The number of aliphatic carboxylic acids is 1. The summed E-state index contributed by atoms with van der Waals surface area (Å²) in [6, 6.07) is -7.84. The van der Waals surface area contributed by atoms with Crippen molar-refractivity contribution in [2.24, 2.45) is 22.9 Å². The van der Waals surface area contributed by atoms with Gasteiger partial charge in [0.05, 0.1) is 6.61 Å². The number of ether oxygens (including phenoxy) is 2. The molecular formula is C65H124N10O13S. The molecule has 0 rings (SSSR count). The predicted molar refractivity (Wildman–Crippen MR) is 353 cm³/mol. The molecule has 23 nitrogen and oxygen atoms in total. The van der Waals surface area contributed by atoms with Crippen LogP contribution in [0.2, 0.25) is 0 Å². The number of nitrogens with two attached hydrogens (primary N) is 4. The summed E-state index contributed by atoms with van der Waals surface area (Å²) in [6.45, 7) is 6.54. The van der Waals surface area contributed by atoms with Crippen LogP contribution in [0.3, 0.4) is 0 Å². The molecule has 24 heteroatoms. The Hall–Kier alpha value is -4.62. The van der Waals surface area contributed by atoms with Gasteiger partial charge in [0.1, 0.15) is 49.0 Å². The molecule has 0 aromatic heterocycles. The minimum absolute atomic E-state index is 0.0379. The van der Waals surface area contributed by atoms with Crippen molar-refractivity contribution in [3.63, 3.8) is 0 Å². The summed E-state index contributed by atoms with van der Waals surface area (Å²) >= 11 is 1.18. The zero-order chi connectivity index (χ0) is 66.1. The van der Waals surface area contributed by atoms with E-state index >= 15 is 0 Å². The summed E-state index contributed by atoms with van der Waals surface area (Å²) < 4.78 is 11.4. The number of carboxylic acids is 1. The molecule has 89 heavy (non-hydrogen) atoms. The van der Waals surface area contributed by atoms with E-state index in [-0.39, 0.29) is 76.1 Å². The Bertz CT molecular complexity index is 1890. The van der Waals surface area contributed by atoms with Crippen LogP contribution in [0.15, 0.2) is 0 Å². The van der Waals surface area contributed by atoms with Gasteiger partial charge in [-0.15, -0.1) is 0 Å². The van der Waals surface area contributed by atoms with E-state index < -0.39 is 102 Å². The van der Waals surface area contributed by atoms with Gasteiger partial charge in [-0.3, -0.25) is 38.4 Å². The SMILES string of the molecule is CCCCCCCCCCCCCCCC(=O)N[C@H](CSCC(COC(=O)CCCCCCC)OC(=O)CCCCCCC)C(=O)N[C@@H](CO)C(=O)N[C@@H](CCCCN)C(=O)N[C@@H](CCCCN)C(=O)N[C@@H](CCCCN)C(=O)N[C@@H](CCCCN)C(=O)O. The van der Waals surface area contributed by atoms with Gasteiger partial charge in [-0.1, -0.05) is 149 Å². The molecule has 0 heterocycles. The first-order chi connectivity index (χ1) is 43.0. The number of aliphatic hydroxyl groups excluding tert-OH is 1. The molecule has 0 aliphatic carbocycles. The Kier molecular flexibility index (Phi) is 55.4. The van der Waals surface area contributed by atoms with Gasteiger partial charge in [0, 0.05) is 30.8 Å². The highest BCUT2D eigenvalue weighted by Gasteiger charge is 2.34. The second-order valence-corrected chi connectivity index (χ2v) is 24.8. The van der Waals surface area contributed by atoms with E-state index in [0.29, 0.717) is 83.7 Å². The van der Waals surface area contributed by atoms with Crippen LogP contribution in [0.25, 0.3) is 0 Å². The molecular weight excluding hydrogens is 1160 g/mol. The maximum atomic E-state index is 14.3. The number of unbranched alkanes of at least 4 members (excludes halogenated alkanes) is 24. The zero-order valence-electron chi connectivity index (χ0n) is 55.2. The van der Waals surface area contributed by atoms with Gasteiger partial charge in [-0.25, -0.2) is 4.79 Å². The number of rotatable bonds is 62. The highest BCUT2D eigenvalue weighted by atomic mass is 32.2. The number of hydrogen-bond donors (Lipinski definition) is 12. The standard InChI is InChI=1S/C65H124N10O13S/c1-4-7-10-13-14-15-16-17-18-19-20-23-24-39-57(77)70-56(49-89-48-50(88-59(79)41-26-22-12-9-6-3)47-87-58(78)40-25-21-11-8-5-2)64(84)75-55(46-76)63(83)73-52(36-28-32-43-67)61(81)71-51(35-27-31-42-66)60(80)72-53(37-29-33-44-68)62(82)74-54(65(85)86)38-30-34-45-69/h50-56,76H,4-49,66-69H2,1-3H3,(H,70,77)(H,71,81)(H,72,80)(H,73,83)(H,74,82)(H,75,84)(H,85,86)/t50?,51-,52-,53-,54-,55-,56+/m0/s1. The molecule has 7 atom stereocenters. The third-order valence-electron chi connectivity index (χ3n) is 15.6. The summed E-state index contributed by atoms with van der Waals surface area (Å²) in [7, 11) is 0. The van der Waals surface area contributed by atoms with Crippen LogP contribution in [0.1, 0.15) is 265 Å². The van der Waals surface area contributed by atoms with Gasteiger partial charge in [0.15, 0.2) is 0 Å². The van der Waals surface area contributed by atoms with Crippen molar-refractivity contribution in [2.45, 2.75) is 307 Å². The van der Waals surface area contributed by atoms with E-state index in [4.69, 9.17) is 32.4 Å². The van der Waals surface area contributed by atoms with Crippen molar-refractivity contribution < 1.29 is 62.8 Å². The Balaban J connectivity index is 6.60. The van der Waals surface area contributed by atoms with Crippen molar-refractivity contribution in [1.82, 2.24) is 31.9 Å². The molecule has 0 aliphatic rings. The molecule has 1 unspecified atom stereocenters. The van der Waals surface area contributed by atoms with Gasteiger partial charge < -0.3 is 74.5 Å². The number of nitrogens with one attached hydrogen (secondary N) is 6. The lowest BCUT2D eigenvalue weighted by molar-refractivity contribution is -0.157. The van der Waals surface area contributed by atoms with Crippen LogP contribution >= 0.6 is 11.8 Å². The Morgan fingerprint density at radius 1 is 0.371 bits per heavy atom. The van der Waals surface area contributed by atoms with Crippen molar-refractivity contribution in [3.8, 4) is 0 Å². The fourth-order valence-corrected chi connectivity index (χ4v) is 11.1. The van der Waals surface area contributed by atoms with Gasteiger partial charge in [0.25, 0.3) is 0 Å². The van der Waals surface area contributed by atoms with Crippen LogP contribution in [0, 0.1) is 0 Å². The van der Waals surface area contributed by atoms with Gasteiger partial charge in [-0.05, 0) is 122 Å². The minimum Gasteiger partial charge on any atom is -0.480 e. The number of carboxylic acid groups (broad SMARTS) is 1. The molecule has 16 N–H and O–H groups in total. The number of hydrogen-bond acceptors (Lipinski definition) is 17. The summed E-state index contributed by atoms with van der Waals surface area (Å²) in [4.78, 5) is 122. The van der Waals surface area contributed by atoms with Crippen molar-refractivity contribution >= 4 is 65.1 Å². The van der Waals surface area contributed by atoms with E-state index in [2.05, 4.69) is 52.7 Å². The minimum atomic E-state index is -1.62. The fraction of sp³-hybridized carbons (Fsp3) is 0.862. The Morgan fingerprint density at radius 2 is 0.697 bits per heavy atom. The quantitative estimate of drug-likeness (QED) is 0.0218. The summed E-state index contributed by atoms with van der Waals surface area (Å²) in [6.07, 6.45) is 27.6. The molecule has 6 amide bonds. The molecule has 0 aromatic rings. The molecule has 0 saturated carbocycles. The van der Waals surface area contributed by atoms with Gasteiger partial charge in [-0.2, -0.15) is 11.8 Å². The van der Waals surface area contributed by atoms with Gasteiger partial charge in [0.2, 0.25) is 35.4 Å². The molecule has 0 fully saturated rings. The maximum absolute atomic E-state index is 14.3. The highest BCUT2D eigenvalue weighted by Crippen LogP contribution is 2.17. The number of amides is 6. The Labute approximate surface area is 538 Å². The van der Waals surface area contributed by atoms with Crippen LogP contribution in [-0.2, 0) is 52.6 Å². The number of esters is 2. The summed E-state index contributed by atoms with van der Waals surface area (Å²) in [5.41, 5.74) is 22.9. The highest BCUT2D eigenvalue weighted by molar-refractivity contribution is 7.99. The fourth-order valence-electron chi connectivity index (χ4n) is 10.0. The van der Waals surface area contributed by atoms with E-state index in [1.807, 2.05) is 0 Å². The average molecular weight is 1290 g/mol. The third kappa shape index (κ3) is 46.2. The Morgan fingerprint density at radius 3 is 1.08 bits per heavy atom. The van der Waals surface area contributed by atoms with Crippen LogP contribution in [0.5, 0.6) is 0 Å². The number of aliphatic hydroxyl groups is 1. The van der Waals surface area contributed by atoms with Crippen molar-refractivity contribution in [1.29, 1.82) is 0 Å². The second kappa shape index (κ2) is 58.5. The predicted octanol–water partition coefficient (Wildman–Crippen LogP) is 6.88. The second-order valence-electron chi connectivity index (χ2n) is 23.7. The first-order valence-electron chi connectivity index (χ1n) is 34.4. The van der Waals surface area contributed by atoms with Gasteiger partial charge >= 0.3 is 17.9 Å². The number of thioether (sulfide) groups is 1. The number of carbonyl (C=O) groups is 9. The van der Waals surface area contributed by atoms with Crippen LogP contribution in [-0.4, -0.2) is 157 Å². The van der Waals surface area contributed by atoms with Crippen molar-refractivity contribution in [2.75, 3.05) is 50.9 Å². The molecule has 518 valence electrons. The maximum Gasteiger partial charge on any atom is 0.326 e. The smallest absolute Gasteiger partial charge is 0.326 e. The van der Waals surface area contributed by atoms with E-state index in [0.717, 1.165) is 77.0 Å². The molecule has 0 aliphatic heterocycles. The van der Waals surface area contributed by atoms with Crippen LogP contribution in [0.4, 0.5) is 0 Å².